The molecule has 0 aliphatic heterocycles. The Hall–Kier alpha value is -0.975. The van der Waals surface area contributed by atoms with Crippen LogP contribution in [0.25, 0.3) is 0 Å². The molecule has 0 unspecified atom stereocenters. The Morgan fingerprint density at radius 3 is 2.06 bits per heavy atom. The molecule has 0 N–H and O–H groups in total. The summed E-state index contributed by atoms with van der Waals surface area (Å²) in [7, 11) is 0. The van der Waals surface area contributed by atoms with Crippen LogP contribution in [0.5, 0.6) is 0 Å². The molecule has 1 heterocycles. The average molecular weight is 261 g/mol. The lowest BCUT2D eigenvalue weighted by molar-refractivity contribution is 0.491. The van der Waals surface area contributed by atoms with Crippen LogP contribution in [0.3, 0.4) is 0 Å². The quantitative estimate of drug-likeness (QED) is 0.471. The second kappa shape index (κ2) is 5.12. The molecular formula is C10H13BF3N2S-. The van der Waals surface area contributed by atoms with Gasteiger partial charge in [-0.05, 0) is 32.1 Å². The van der Waals surface area contributed by atoms with Crippen molar-refractivity contribution in [1.82, 2.24) is 9.97 Å². The summed E-state index contributed by atoms with van der Waals surface area (Å²) in [5.41, 5.74) is 1.84. The van der Waals surface area contributed by atoms with Crippen LogP contribution >= 0.6 is 11.8 Å². The summed E-state index contributed by atoms with van der Waals surface area (Å²) in [5, 5.41) is 0.367. The Labute approximate surface area is 103 Å². The van der Waals surface area contributed by atoms with E-state index in [1.807, 2.05) is 20.8 Å². The van der Waals surface area contributed by atoms with Gasteiger partial charge in [0.05, 0.1) is 0 Å². The van der Waals surface area contributed by atoms with Gasteiger partial charge in [0.25, 0.3) is 0 Å². The minimum Gasteiger partial charge on any atom is -0.445 e. The van der Waals surface area contributed by atoms with Crippen molar-refractivity contribution < 1.29 is 12.9 Å². The normalized spacial score (nSPS) is 11.6. The molecule has 1 rings (SSSR count). The lowest BCUT2D eigenvalue weighted by Crippen LogP contribution is -2.20. The summed E-state index contributed by atoms with van der Waals surface area (Å²) in [6.07, 6.45) is 0. The van der Waals surface area contributed by atoms with E-state index >= 15 is 0 Å². The fourth-order valence-corrected chi connectivity index (χ4v) is 1.96. The van der Waals surface area contributed by atoms with Gasteiger partial charge in [-0.2, -0.15) is 0 Å². The molecule has 0 bridgehead atoms. The van der Waals surface area contributed by atoms with Crippen LogP contribution in [0.4, 0.5) is 12.9 Å². The van der Waals surface area contributed by atoms with Crippen LogP contribution in [0.15, 0.2) is 17.2 Å². The fourth-order valence-electron chi connectivity index (χ4n) is 1.06. The Morgan fingerprint density at radius 1 is 1.18 bits per heavy atom. The first kappa shape index (κ1) is 14.1. The van der Waals surface area contributed by atoms with Crippen molar-refractivity contribution in [1.29, 1.82) is 0 Å². The molecule has 0 amide bonds. The van der Waals surface area contributed by atoms with Crippen molar-refractivity contribution >= 4 is 18.7 Å². The predicted octanol–water partition coefficient (Wildman–Crippen LogP) is 3.44. The highest BCUT2D eigenvalue weighted by atomic mass is 32.2. The van der Waals surface area contributed by atoms with Crippen LogP contribution in [0, 0.1) is 20.8 Å². The van der Waals surface area contributed by atoms with Gasteiger partial charge in [0, 0.05) is 11.4 Å². The third kappa shape index (κ3) is 3.76. The minimum absolute atomic E-state index is 0.217. The smallest absolute Gasteiger partial charge is 0.445 e. The zero-order valence-corrected chi connectivity index (χ0v) is 10.7. The molecule has 1 aromatic heterocycles. The summed E-state index contributed by atoms with van der Waals surface area (Å²) >= 11 is 0.966. The third-order valence-electron chi connectivity index (χ3n) is 2.46. The highest BCUT2D eigenvalue weighted by molar-refractivity contribution is 7.99. The van der Waals surface area contributed by atoms with Crippen molar-refractivity contribution in [3.05, 3.63) is 29.0 Å². The maximum absolute atomic E-state index is 12.3. The maximum Gasteiger partial charge on any atom is 0.505 e. The van der Waals surface area contributed by atoms with E-state index in [0.717, 1.165) is 28.7 Å². The second-order valence-electron chi connectivity index (χ2n) is 3.82. The Bertz CT molecular complexity index is 423. The summed E-state index contributed by atoms with van der Waals surface area (Å²) < 4.78 is 36.9. The molecule has 0 radical (unpaired) electrons. The van der Waals surface area contributed by atoms with Crippen molar-refractivity contribution in [2.45, 2.75) is 25.9 Å². The first-order valence-corrected chi connectivity index (χ1v) is 6.02. The van der Waals surface area contributed by atoms with E-state index in [9.17, 15) is 12.9 Å². The van der Waals surface area contributed by atoms with Gasteiger partial charge in [-0.25, -0.2) is 9.97 Å². The van der Waals surface area contributed by atoms with Crippen molar-refractivity contribution in [2.75, 3.05) is 5.75 Å². The number of aryl methyl sites for hydroxylation is 2. The number of rotatable bonds is 4. The summed E-state index contributed by atoms with van der Waals surface area (Å²) in [4.78, 5) is 8.28. The Morgan fingerprint density at radius 2 is 1.65 bits per heavy atom. The van der Waals surface area contributed by atoms with Crippen LogP contribution in [-0.4, -0.2) is 22.7 Å². The zero-order valence-electron chi connectivity index (χ0n) is 9.93. The third-order valence-corrected chi connectivity index (χ3v) is 3.42. The van der Waals surface area contributed by atoms with Crippen LogP contribution < -0.4 is 0 Å². The number of halogens is 3. The van der Waals surface area contributed by atoms with Crippen molar-refractivity contribution in [2.24, 2.45) is 0 Å². The van der Waals surface area contributed by atoms with Gasteiger partial charge in [-0.1, -0.05) is 11.8 Å². The molecule has 0 aliphatic carbocycles. The Balaban J connectivity index is 2.74. The lowest BCUT2D eigenvalue weighted by atomic mass is 9.82. The van der Waals surface area contributed by atoms with Gasteiger partial charge in [0.1, 0.15) is 0 Å². The average Bonchev–Trinajstić information content (AvgIpc) is 2.20. The second-order valence-corrected chi connectivity index (χ2v) is 4.77. The number of hydrogen-bond acceptors (Lipinski definition) is 3. The SMILES string of the molecule is C=C(CSc1nc(C)c(C)c(C)n1)[B-](F)(F)F. The van der Waals surface area contributed by atoms with E-state index in [2.05, 4.69) is 16.5 Å². The fraction of sp³-hybridized carbons (Fsp3) is 0.400. The number of hydrogen-bond donors (Lipinski definition) is 0. The lowest BCUT2D eigenvalue weighted by Gasteiger charge is -2.17. The molecule has 7 heteroatoms. The van der Waals surface area contributed by atoms with Gasteiger partial charge in [0.15, 0.2) is 5.16 Å². The van der Waals surface area contributed by atoms with Crippen LogP contribution in [-0.2, 0) is 0 Å². The molecule has 2 nitrogen and oxygen atoms in total. The molecule has 0 aliphatic rings. The monoisotopic (exact) mass is 261 g/mol. The largest absolute Gasteiger partial charge is 0.505 e. The summed E-state index contributed by atoms with van der Waals surface area (Å²) in [6, 6.07) is 0. The number of thioether (sulfide) groups is 1. The van der Waals surface area contributed by atoms with Crippen LogP contribution in [0.1, 0.15) is 17.0 Å². The Kier molecular flexibility index (Phi) is 4.24. The number of aromatic nitrogens is 2. The first-order chi connectivity index (χ1) is 7.71. The molecule has 0 aromatic carbocycles. The van der Waals surface area contributed by atoms with E-state index in [-0.39, 0.29) is 5.75 Å². The van der Waals surface area contributed by atoms with E-state index < -0.39 is 12.4 Å². The molecule has 94 valence electrons. The van der Waals surface area contributed by atoms with E-state index in [1.165, 1.54) is 0 Å². The molecular weight excluding hydrogens is 248 g/mol. The molecule has 0 spiro atoms. The first-order valence-electron chi connectivity index (χ1n) is 5.04. The topological polar surface area (TPSA) is 25.8 Å². The van der Waals surface area contributed by atoms with Crippen molar-refractivity contribution in [3.63, 3.8) is 0 Å². The maximum atomic E-state index is 12.3. The van der Waals surface area contributed by atoms with E-state index in [1.54, 1.807) is 0 Å². The summed E-state index contributed by atoms with van der Waals surface area (Å²) in [6.45, 7) is 3.58. The van der Waals surface area contributed by atoms with E-state index in [4.69, 9.17) is 0 Å². The highest BCUT2D eigenvalue weighted by Gasteiger charge is 2.26. The molecule has 0 saturated carbocycles. The minimum atomic E-state index is -4.97. The highest BCUT2D eigenvalue weighted by Crippen LogP contribution is 2.25. The summed E-state index contributed by atoms with van der Waals surface area (Å²) in [5.74, 6) is -0.217. The number of nitrogens with zero attached hydrogens (tertiary/aromatic N) is 2. The molecule has 17 heavy (non-hydrogen) atoms. The van der Waals surface area contributed by atoms with Gasteiger partial charge in [0.2, 0.25) is 0 Å². The zero-order chi connectivity index (χ0) is 13.2. The standard InChI is InChI=1S/C10H13BF3N2S/c1-6(11(12,13)14)5-17-10-15-8(3)7(2)9(4)16-10/h1,5H2,2-4H3/q-1. The molecule has 0 fully saturated rings. The predicted molar refractivity (Wildman–Crippen MR) is 65.2 cm³/mol. The molecule has 1 aromatic rings. The molecule has 0 atom stereocenters. The van der Waals surface area contributed by atoms with Gasteiger partial charge in [-0.3, -0.25) is 0 Å². The van der Waals surface area contributed by atoms with Crippen molar-refractivity contribution in [3.8, 4) is 0 Å². The molecule has 0 saturated heterocycles. The van der Waals surface area contributed by atoms with Gasteiger partial charge in [-0.15, -0.1) is 12.1 Å². The van der Waals surface area contributed by atoms with E-state index in [0.29, 0.717) is 5.16 Å². The van der Waals surface area contributed by atoms with Gasteiger partial charge < -0.3 is 12.9 Å². The van der Waals surface area contributed by atoms with Gasteiger partial charge >= 0.3 is 6.98 Å². The van der Waals surface area contributed by atoms with Crippen LogP contribution in [0.2, 0.25) is 0 Å².